The molecule has 0 aliphatic carbocycles. The fourth-order valence-corrected chi connectivity index (χ4v) is 3.35. The van der Waals surface area contributed by atoms with Crippen LogP contribution in [0.1, 0.15) is 30.0 Å². The van der Waals surface area contributed by atoms with Gasteiger partial charge in [0.1, 0.15) is 5.82 Å². The van der Waals surface area contributed by atoms with Crippen LogP contribution in [-0.2, 0) is 16.0 Å². The zero-order valence-electron chi connectivity index (χ0n) is 13.6. The van der Waals surface area contributed by atoms with Crippen LogP contribution >= 0.6 is 0 Å². The highest BCUT2D eigenvalue weighted by Crippen LogP contribution is 2.36. The lowest BCUT2D eigenvalue weighted by Gasteiger charge is -2.39. The lowest BCUT2D eigenvalue weighted by Crippen LogP contribution is -2.46. The van der Waals surface area contributed by atoms with Crippen molar-refractivity contribution in [3.63, 3.8) is 0 Å². The molecule has 0 radical (unpaired) electrons. The summed E-state index contributed by atoms with van der Waals surface area (Å²) in [4.78, 5) is 29.8. The van der Waals surface area contributed by atoms with Crippen LogP contribution in [0.5, 0.6) is 0 Å². The molecule has 2 aromatic rings. The van der Waals surface area contributed by atoms with Crippen LogP contribution in [0.2, 0.25) is 0 Å². The number of carbonyl (C=O) groups excluding carboxylic acids is 1. The largest absolute Gasteiger partial charge is 0.481 e. The summed E-state index contributed by atoms with van der Waals surface area (Å²) in [6.07, 6.45) is 4.30. The number of carbonyl (C=O) groups is 2. The molecule has 2 atom stereocenters. The fourth-order valence-electron chi connectivity index (χ4n) is 3.35. The van der Waals surface area contributed by atoms with Crippen LogP contribution in [0.25, 0.3) is 0 Å². The molecule has 25 heavy (non-hydrogen) atoms. The summed E-state index contributed by atoms with van der Waals surface area (Å²) >= 11 is 0. The van der Waals surface area contributed by atoms with Gasteiger partial charge in [-0.25, -0.2) is 4.39 Å². The van der Waals surface area contributed by atoms with Crippen LogP contribution in [0, 0.1) is 11.7 Å². The van der Waals surface area contributed by atoms with Gasteiger partial charge in [-0.1, -0.05) is 12.1 Å². The van der Waals surface area contributed by atoms with Gasteiger partial charge < -0.3 is 10.0 Å². The van der Waals surface area contributed by atoms with Gasteiger partial charge in [0, 0.05) is 25.4 Å². The number of piperidine rings is 1. The van der Waals surface area contributed by atoms with Gasteiger partial charge in [-0.15, -0.1) is 0 Å². The molecule has 1 fully saturated rings. The van der Waals surface area contributed by atoms with Gasteiger partial charge in [-0.2, -0.15) is 0 Å². The second-order valence-corrected chi connectivity index (χ2v) is 6.17. The third-order valence-electron chi connectivity index (χ3n) is 4.63. The van der Waals surface area contributed by atoms with Crippen molar-refractivity contribution in [1.82, 2.24) is 9.88 Å². The summed E-state index contributed by atoms with van der Waals surface area (Å²) in [7, 11) is 0. The Morgan fingerprint density at radius 3 is 2.52 bits per heavy atom. The first-order chi connectivity index (χ1) is 12.1. The van der Waals surface area contributed by atoms with Gasteiger partial charge in [0.25, 0.3) is 0 Å². The van der Waals surface area contributed by atoms with Gasteiger partial charge in [-0.3, -0.25) is 14.6 Å². The number of halogens is 1. The molecule has 130 valence electrons. The molecule has 1 saturated heterocycles. The number of amides is 1. The molecular formula is C19H19FN2O3. The average Bonchev–Trinajstić information content (AvgIpc) is 2.62. The predicted molar refractivity (Wildman–Crippen MR) is 89.2 cm³/mol. The molecule has 1 amide bonds. The highest BCUT2D eigenvalue weighted by atomic mass is 19.1. The number of aliphatic carboxylic acids is 1. The Kier molecular flexibility index (Phi) is 5.07. The van der Waals surface area contributed by atoms with Gasteiger partial charge >= 0.3 is 5.97 Å². The average molecular weight is 342 g/mol. The number of carboxylic acid groups (broad SMARTS) is 1. The van der Waals surface area contributed by atoms with E-state index in [4.69, 9.17) is 0 Å². The molecule has 2 unspecified atom stereocenters. The topological polar surface area (TPSA) is 70.5 Å². The van der Waals surface area contributed by atoms with Gasteiger partial charge in [0.05, 0.1) is 12.0 Å². The van der Waals surface area contributed by atoms with E-state index in [2.05, 4.69) is 4.98 Å². The van der Waals surface area contributed by atoms with E-state index in [-0.39, 0.29) is 18.1 Å². The van der Waals surface area contributed by atoms with Crippen molar-refractivity contribution in [1.29, 1.82) is 0 Å². The van der Waals surface area contributed by atoms with Crippen LogP contribution in [0.15, 0.2) is 48.8 Å². The first-order valence-electron chi connectivity index (χ1n) is 8.23. The lowest BCUT2D eigenvalue weighted by atomic mass is 9.84. The lowest BCUT2D eigenvalue weighted by molar-refractivity contribution is -0.152. The van der Waals surface area contributed by atoms with E-state index in [1.807, 2.05) is 0 Å². The number of rotatable bonds is 5. The highest BCUT2D eigenvalue weighted by Gasteiger charge is 2.40. The summed E-state index contributed by atoms with van der Waals surface area (Å²) in [6, 6.07) is 9.12. The summed E-state index contributed by atoms with van der Waals surface area (Å²) in [6.45, 7) is 0.390. The molecule has 0 bridgehead atoms. The van der Waals surface area contributed by atoms with Crippen molar-refractivity contribution < 1.29 is 19.1 Å². The summed E-state index contributed by atoms with van der Waals surface area (Å²) in [5.41, 5.74) is 1.68. The number of pyridine rings is 1. The number of hydrogen-bond acceptors (Lipinski definition) is 3. The minimum Gasteiger partial charge on any atom is -0.481 e. The number of nitrogens with zero attached hydrogens (tertiary/aromatic N) is 2. The molecule has 1 aromatic heterocycles. The number of benzene rings is 1. The summed E-state index contributed by atoms with van der Waals surface area (Å²) in [5.74, 6) is -1.91. The SMILES string of the molecule is O=C(O)C1CCC(=O)N(CCc2ccc(F)cc2)C1c1ccncc1. The molecule has 1 N–H and O–H groups in total. The normalized spacial score (nSPS) is 20.5. The van der Waals surface area contributed by atoms with E-state index in [1.54, 1.807) is 41.6 Å². The third kappa shape index (κ3) is 3.84. The maximum absolute atomic E-state index is 13.0. The van der Waals surface area contributed by atoms with E-state index in [9.17, 15) is 19.1 Å². The maximum Gasteiger partial charge on any atom is 0.308 e. The Morgan fingerprint density at radius 2 is 1.88 bits per heavy atom. The zero-order valence-corrected chi connectivity index (χ0v) is 13.6. The molecule has 1 aliphatic rings. The molecule has 2 heterocycles. The smallest absolute Gasteiger partial charge is 0.308 e. The first kappa shape index (κ1) is 17.1. The number of aromatic nitrogens is 1. The minimum atomic E-state index is -0.902. The molecule has 3 rings (SSSR count). The van der Waals surface area contributed by atoms with Crippen LogP contribution in [0.4, 0.5) is 4.39 Å². The van der Waals surface area contributed by atoms with Gasteiger partial charge in [0.2, 0.25) is 5.91 Å². The van der Waals surface area contributed by atoms with Crippen molar-refractivity contribution in [2.75, 3.05) is 6.54 Å². The minimum absolute atomic E-state index is 0.0542. The standard InChI is InChI=1S/C19H19FN2O3/c20-15-3-1-13(2-4-15)9-12-22-17(23)6-5-16(19(24)25)18(22)14-7-10-21-11-8-14/h1-4,7-8,10-11,16,18H,5-6,9,12H2,(H,24,25). The van der Waals surface area contributed by atoms with Crippen molar-refractivity contribution in [2.24, 2.45) is 5.92 Å². The Balaban J connectivity index is 1.85. The monoisotopic (exact) mass is 342 g/mol. The zero-order chi connectivity index (χ0) is 17.8. The Labute approximate surface area is 145 Å². The van der Waals surface area contributed by atoms with Crippen molar-refractivity contribution >= 4 is 11.9 Å². The second kappa shape index (κ2) is 7.42. The highest BCUT2D eigenvalue weighted by molar-refractivity contribution is 5.81. The fraction of sp³-hybridized carbons (Fsp3) is 0.316. The molecule has 5 nitrogen and oxygen atoms in total. The van der Waals surface area contributed by atoms with E-state index >= 15 is 0 Å². The van der Waals surface area contributed by atoms with Gasteiger partial charge in [0.15, 0.2) is 0 Å². The Morgan fingerprint density at radius 1 is 1.20 bits per heavy atom. The van der Waals surface area contributed by atoms with E-state index in [0.717, 1.165) is 11.1 Å². The van der Waals surface area contributed by atoms with Crippen LogP contribution in [0.3, 0.4) is 0 Å². The second-order valence-electron chi connectivity index (χ2n) is 6.17. The van der Waals surface area contributed by atoms with Gasteiger partial charge in [-0.05, 0) is 48.2 Å². The Bertz CT molecular complexity index is 749. The Hall–Kier alpha value is -2.76. The van der Waals surface area contributed by atoms with Crippen molar-refractivity contribution in [3.8, 4) is 0 Å². The van der Waals surface area contributed by atoms with Crippen molar-refractivity contribution in [2.45, 2.75) is 25.3 Å². The molecule has 1 aliphatic heterocycles. The molecule has 6 heteroatoms. The number of likely N-dealkylation sites (tertiary alicyclic amines) is 1. The molecule has 0 saturated carbocycles. The third-order valence-corrected chi connectivity index (χ3v) is 4.63. The quantitative estimate of drug-likeness (QED) is 0.907. The summed E-state index contributed by atoms with van der Waals surface area (Å²) < 4.78 is 13.0. The van der Waals surface area contributed by atoms with Crippen molar-refractivity contribution in [3.05, 3.63) is 65.7 Å². The number of hydrogen-bond donors (Lipinski definition) is 1. The molecule has 0 spiro atoms. The van der Waals surface area contributed by atoms with E-state index in [1.165, 1.54) is 12.1 Å². The predicted octanol–water partition coefficient (Wildman–Crippen LogP) is 2.83. The number of carboxylic acids is 1. The van der Waals surface area contributed by atoms with E-state index < -0.39 is 17.9 Å². The maximum atomic E-state index is 13.0. The van der Waals surface area contributed by atoms with Crippen LogP contribution < -0.4 is 0 Å². The van der Waals surface area contributed by atoms with E-state index in [0.29, 0.717) is 19.4 Å². The molecular weight excluding hydrogens is 323 g/mol. The molecule has 1 aromatic carbocycles. The first-order valence-corrected chi connectivity index (χ1v) is 8.23. The van der Waals surface area contributed by atoms with Crippen LogP contribution in [-0.4, -0.2) is 33.4 Å². The summed E-state index contributed by atoms with van der Waals surface area (Å²) in [5, 5.41) is 9.59.